The van der Waals surface area contributed by atoms with Crippen molar-refractivity contribution in [1.82, 2.24) is 45.5 Å². The summed E-state index contributed by atoms with van der Waals surface area (Å²) in [4.78, 5) is 39.9. The number of alkyl carbamates (subject to hydrolysis) is 1. The van der Waals surface area contributed by atoms with Crippen LogP contribution in [-0.2, 0) is 43.5 Å². The number of ether oxygens (including phenoxy) is 2. The summed E-state index contributed by atoms with van der Waals surface area (Å²) >= 11 is 0. The molecule has 0 spiro atoms. The van der Waals surface area contributed by atoms with E-state index in [1.54, 1.807) is 12.4 Å². The molecule has 13 rings (SSSR count). The Hall–Kier alpha value is -4.55. The number of nitrogens with one attached hydrogen (secondary N) is 1. The fourth-order valence-corrected chi connectivity index (χ4v) is 16.0. The maximum atomic E-state index is 13.5. The van der Waals surface area contributed by atoms with Crippen LogP contribution in [0.3, 0.4) is 0 Å². The summed E-state index contributed by atoms with van der Waals surface area (Å²) < 4.78 is 106. The van der Waals surface area contributed by atoms with Crippen molar-refractivity contribution in [3.8, 4) is 5.75 Å². The van der Waals surface area contributed by atoms with Gasteiger partial charge in [0.1, 0.15) is 18.0 Å². The topological polar surface area (TPSA) is 204 Å². The van der Waals surface area contributed by atoms with Crippen molar-refractivity contribution in [2.45, 2.75) is 222 Å². The number of ketones is 1. The molecule has 6 saturated carbocycles. The molecule has 1 amide bonds. The van der Waals surface area contributed by atoms with Crippen molar-refractivity contribution in [2.75, 3.05) is 65.5 Å². The lowest BCUT2D eigenvalue weighted by Gasteiger charge is -2.31. The molecule has 6 aliphatic carbocycles. The van der Waals surface area contributed by atoms with Crippen LogP contribution in [0.4, 0.5) is 31.1 Å². The number of carbonyl (C=O) groups excluding carboxylic acids is 2. The molecule has 9 fully saturated rings. The van der Waals surface area contributed by atoms with Crippen molar-refractivity contribution in [3.05, 3.63) is 70.8 Å². The predicted octanol–water partition coefficient (Wildman–Crippen LogP) is 13.6. The molecule has 17 nitrogen and oxygen atoms in total. The van der Waals surface area contributed by atoms with E-state index in [1.165, 1.54) is 37.5 Å². The molecule has 0 aromatic carbocycles. The zero-order valence-electron chi connectivity index (χ0n) is 54.7. The van der Waals surface area contributed by atoms with Gasteiger partial charge in [-0.3, -0.25) is 4.79 Å². The number of hydrogen-bond acceptors (Lipinski definition) is 16. The zero-order chi connectivity index (χ0) is 64.0. The summed E-state index contributed by atoms with van der Waals surface area (Å²) in [5.74, 6) is -4.41. The quantitative estimate of drug-likeness (QED) is 0.0745. The van der Waals surface area contributed by atoms with E-state index in [2.05, 4.69) is 45.5 Å². The monoisotopic (exact) mass is 1340 g/mol. The van der Waals surface area contributed by atoms with Gasteiger partial charge in [-0.25, -0.2) is 14.8 Å². The Morgan fingerprint density at radius 3 is 1.29 bits per heavy atom. The number of likely N-dealkylation sites (tertiary alicyclic amines) is 3. The van der Waals surface area contributed by atoms with Gasteiger partial charge in [-0.05, 0) is 191 Å². The molecule has 0 radical (unpaired) electrons. The van der Waals surface area contributed by atoms with Gasteiger partial charge in [0.2, 0.25) is 17.3 Å². The summed E-state index contributed by atoms with van der Waals surface area (Å²) in [6.45, 7) is 19.0. The number of aryl methyl sites for hydroxylation is 1. The number of hydrogen-bond donors (Lipinski definition) is 2. The van der Waals surface area contributed by atoms with Crippen LogP contribution in [0.5, 0.6) is 5.75 Å². The minimum Gasteiger partial charge on any atom is -0.483 e. The van der Waals surface area contributed by atoms with Crippen molar-refractivity contribution in [2.24, 2.45) is 47.2 Å². The van der Waals surface area contributed by atoms with Crippen LogP contribution in [0.1, 0.15) is 204 Å². The highest BCUT2D eigenvalue weighted by Gasteiger charge is 2.65. The summed E-state index contributed by atoms with van der Waals surface area (Å²) in [7, 11) is 0. The average molecular weight is 1340 g/mol. The van der Waals surface area contributed by atoms with E-state index < -0.39 is 23.4 Å². The number of amides is 1. The number of piperidine rings is 3. The lowest BCUT2D eigenvalue weighted by atomic mass is 9.78. The first-order chi connectivity index (χ1) is 42.5. The second-order valence-corrected chi connectivity index (χ2v) is 30.2. The Kier molecular flexibility index (Phi) is 22.3. The molecule has 25 heteroatoms. The molecule has 4 aromatic rings. The van der Waals surface area contributed by atoms with Gasteiger partial charge in [-0.15, -0.1) is 24.8 Å². The fraction of sp³-hybridized carbons (Fsp3) is 0.776. The normalized spacial score (nSPS) is 31.0. The number of nitrogens with two attached hydrogens (primary N) is 1. The lowest BCUT2D eigenvalue weighted by Crippen LogP contribution is -2.41. The van der Waals surface area contributed by atoms with E-state index in [4.69, 9.17) is 28.8 Å². The minimum absolute atomic E-state index is 0. The van der Waals surface area contributed by atoms with Crippen molar-refractivity contribution in [3.63, 3.8) is 0 Å². The fourth-order valence-electron chi connectivity index (χ4n) is 16.0. The first-order valence-corrected chi connectivity index (χ1v) is 33.4. The van der Waals surface area contributed by atoms with Gasteiger partial charge in [0, 0.05) is 113 Å². The second-order valence-electron chi connectivity index (χ2n) is 30.2. The van der Waals surface area contributed by atoms with Crippen LogP contribution < -0.4 is 15.8 Å². The standard InChI is InChI=1S/C26H34F2N4O3.C23H35F2N3O3.C18H27F2N3O.2ClH/c1-17-29-12-22(13-30-17)34-15-21(33)9-19-5-3-18(4-6-19)7-8-32-14-20-11-26(20,16-32)23-10-24(35-31-23)25(2,27)28;1-21(2,3)30-20(29)26-17-7-5-15(6-8-17)9-10-28-13-16-12-23(16,14-28)18-11-19(31-27-18)22(4,24)25;1-17(19,20)16-8-15(22-24-16)18-9-13(18)10-23(11-18)7-6-12-2-4-14(21)5-3-12;;/h10,12-13,18-20H,3-9,11,14-16H2,1-2H3;11,15-17H,5-10,12-14H2,1-4H3,(H,26,29);8,12-14H,2-7,9-11,21H2,1H3;2*1H/t18?,19?,20-,26-;15?,16-,17?,23-;12?,13-,14?,18-;;/m000../s1. The molecule has 6 atom stereocenters. The number of alkyl halides is 6. The summed E-state index contributed by atoms with van der Waals surface area (Å²) in [5.41, 5.74) is 7.44. The Bertz CT molecular complexity index is 3060. The molecule has 9 aliphatic rings. The maximum Gasteiger partial charge on any atom is 0.407 e. The third-order valence-electron chi connectivity index (χ3n) is 21.7. The van der Waals surface area contributed by atoms with E-state index in [0.29, 0.717) is 70.9 Å². The number of halogens is 8. The molecule has 514 valence electrons. The van der Waals surface area contributed by atoms with Gasteiger partial charge in [0.05, 0.1) is 29.5 Å². The Morgan fingerprint density at radius 2 is 0.935 bits per heavy atom. The SMILES string of the molecule is CC(C)(C)OC(=O)NC1CCC(CCN2C[C@@H]3C[C@]3(c3cc(C(C)(F)F)on3)C2)CC1.CC(F)(F)c1cc([C@]23C[C@H]2CN(CCC2CCC(N)CC2)C3)no1.Cc1ncc(OCC(=O)CC2CCC(CCN3C[C@@H]4C[C@]4(c4cc(C(C)(F)F)on4)C3)CC2)cn1.Cl.Cl. The van der Waals surface area contributed by atoms with Crippen LogP contribution in [0.2, 0.25) is 0 Å². The van der Waals surface area contributed by atoms with Crippen molar-refractivity contribution in [1.29, 1.82) is 0 Å². The van der Waals surface area contributed by atoms with Crippen LogP contribution in [0.25, 0.3) is 0 Å². The maximum absolute atomic E-state index is 13.5. The molecule has 3 saturated heterocycles. The minimum atomic E-state index is -2.99. The molecule has 0 unspecified atom stereocenters. The van der Waals surface area contributed by atoms with Gasteiger partial charge < -0.3 is 48.8 Å². The van der Waals surface area contributed by atoms with Gasteiger partial charge in [-0.2, -0.15) is 26.3 Å². The molecule has 3 N–H and O–H groups in total. The van der Waals surface area contributed by atoms with Crippen LogP contribution >= 0.6 is 24.8 Å². The van der Waals surface area contributed by atoms with E-state index in [1.807, 2.05) is 27.7 Å². The largest absolute Gasteiger partial charge is 0.483 e. The van der Waals surface area contributed by atoms with Crippen molar-refractivity contribution >= 4 is 36.7 Å². The number of rotatable bonds is 21. The molecular weight excluding hydrogens is 1240 g/mol. The first kappa shape index (κ1) is 71.7. The molecule has 7 heterocycles. The highest BCUT2D eigenvalue weighted by molar-refractivity contribution is 5.85. The summed E-state index contributed by atoms with van der Waals surface area (Å²) in [6.07, 6.45) is 23.6. The van der Waals surface area contributed by atoms with Crippen LogP contribution in [0, 0.1) is 48.3 Å². The van der Waals surface area contributed by atoms with E-state index >= 15 is 0 Å². The van der Waals surface area contributed by atoms with Gasteiger partial charge >= 0.3 is 23.9 Å². The second kappa shape index (κ2) is 28.6. The third-order valence-corrected chi connectivity index (χ3v) is 21.7. The Labute approximate surface area is 550 Å². The summed E-state index contributed by atoms with van der Waals surface area (Å²) in [6, 6.07) is 5.01. The molecular formula is C67H98Cl2F6N10O7. The number of nitrogens with zero attached hydrogens (tertiary/aromatic N) is 8. The van der Waals surface area contributed by atoms with Crippen molar-refractivity contribution < 1.29 is 59.0 Å². The predicted molar refractivity (Wildman–Crippen MR) is 338 cm³/mol. The van der Waals surface area contributed by atoms with Crippen LogP contribution in [0.15, 0.2) is 44.2 Å². The average Bonchev–Trinajstić information content (AvgIpc) is 1.56. The van der Waals surface area contributed by atoms with Gasteiger partial charge in [-0.1, -0.05) is 28.3 Å². The molecule has 4 aromatic heterocycles. The Balaban J connectivity index is 0.000000164. The molecule has 0 bridgehead atoms. The first-order valence-electron chi connectivity index (χ1n) is 33.4. The molecule has 3 aliphatic heterocycles. The number of Topliss-reactive ketones (excluding diaryl/α,β-unsaturated/α-hetero) is 1. The smallest absolute Gasteiger partial charge is 0.407 e. The molecule has 92 heavy (non-hydrogen) atoms. The lowest BCUT2D eigenvalue weighted by molar-refractivity contribution is -0.122. The number of aromatic nitrogens is 5. The summed E-state index contributed by atoms with van der Waals surface area (Å²) in [5, 5.41) is 15.0. The number of carbonyl (C=O) groups is 2. The van der Waals surface area contributed by atoms with E-state index in [9.17, 15) is 35.9 Å². The zero-order valence-corrected chi connectivity index (χ0v) is 56.3. The highest BCUT2D eigenvalue weighted by Crippen LogP contribution is 2.61. The third kappa shape index (κ3) is 17.7. The Morgan fingerprint density at radius 1 is 0.576 bits per heavy atom. The van der Waals surface area contributed by atoms with E-state index in [-0.39, 0.29) is 82.9 Å². The highest BCUT2D eigenvalue weighted by atomic mass is 35.5. The van der Waals surface area contributed by atoms with Crippen LogP contribution in [-0.4, -0.2) is 135 Å². The van der Waals surface area contributed by atoms with Gasteiger partial charge in [0.25, 0.3) is 0 Å². The van der Waals surface area contributed by atoms with Gasteiger partial charge in [0.15, 0.2) is 11.5 Å². The van der Waals surface area contributed by atoms with E-state index in [0.717, 1.165) is 188 Å². The number of fused-ring (bicyclic) bond motifs is 3.